The van der Waals surface area contributed by atoms with Crippen molar-refractivity contribution in [3.63, 3.8) is 0 Å². The summed E-state index contributed by atoms with van der Waals surface area (Å²) in [5.41, 5.74) is 2.28. The average molecular weight is 475 g/mol. The number of rotatable bonds is 4. The number of amides is 2. The van der Waals surface area contributed by atoms with Gasteiger partial charge in [-0.3, -0.25) is 9.59 Å². The Morgan fingerprint density at radius 1 is 1.09 bits per heavy atom. The zero-order valence-corrected chi connectivity index (χ0v) is 19.9. The lowest BCUT2D eigenvalue weighted by atomic mass is 9.92. The molecule has 0 N–H and O–H groups in total. The first-order chi connectivity index (χ1) is 15.3. The molecule has 0 bridgehead atoms. The van der Waals surface area contributed by atoms with Gasteiger partial charge in [-0.05, 0) is 23.1 Å². The number of pyridine rings is 1. The predicted molar refractivity (Wildman–Crippen MR) is 127 cm³/mol. The maximum absolute atomic E-state index is 13.6. The summed E-state index contributed by atoms with van der Waals surface area (Å²) in [7, 11) is 0. The average Bonchev–Trinajstić information content (AvgIpc) is 2.77. The Balaban J connectivity index is 1.48. The van der Waals surface area contributed by atoms with Gasteiger partial charge >= 0.3 is 0 Å². The molecule has 6 nitrogen and oxygen atoms in total. The van der Waals surface area contributed by atoms with Gasteiger partial charge in [-0.2, -0.15) is 0 Å². The minimum atomic E-state index is -0.458. The van der Waals surface area contributed by atoms with Gasteiger partial charge in [0.2, 0.25) is 11.8 Å². The molecule has 2 aliphatic heterocycles. The van der Waals surface area contributed by atoms with Crippen LogP contribution in [-0.4, -0.2) is 58.8 Å². The van der Waals surface area contributed by atoms with Crippen molar-refractivity contribution in [2.75, 3.05) is 31.1 Å². The van der Waals surface area contributed by atoms with Crippen LogP contribution < -0.4 is 4.90 Å². The second-order valence-electron chi connectivity index (χ2n) is 8.88. The molecule has 0 spiro atoms. The summed E-state index contributed by atoms with van der Waals surface area (Å²) in [4.78, 5) is 36.7. The van der Waals surface area contributed by atoms with Crippen LogP contribution in [0.4, 0.5) is 5.82 Å². The van der Waals surface area contributed by atoms with E-state index in [-0.39, 0.29) is 17.7 Å². The third-order valence-corrected chi connectivity index (χ3v) is 6.60. The van der Waals surface area contributed by atoms with Crippen molar-refractivity contribution in [3.05, 3.63) is 57.7 Å². The molecule has 0 saturated carbocycles. The summed E-state index contributed by atoms with van der Waals surface area (Å²) in [6.07, 6.45) is 2.59. The molecule has 4 rings (SSSR count). The molecule has 2 aromatic rings. The van der Waals surface area contributed by atoms with Crippen LogP contribution in [-0.2, 0) is 22.6 Å². The number of aromatic nitrogens is 1. The van der Waals surface area contributed by atoms with Crippen LogP contribution in [0, 0.1) is 5.92 Å². The van der Waals surface area contributed by atoms with Gasteiger partial charge in [0.25, 0.3) is 0 Å². The minimum Gasteiger partial charge on any atom is -0.352 e. The Hall–Kier alpha value is -2.31. The molecule has 0 aliphatic carbocycles. The third-order valence-electron chi connectivity index (χ3n) is 6.12. The molecule has 2 aliphatic rings. The van der Waals surface area contributed by atoms with Crippen LogP contribution in [0.5, 0.6) is 0 Å². The first-order valence-corrected chi connectivity index (χ1v) is 11.8. The highest BCUT2D eigenvalue weighted by atomic mass is 35.5. The van der Waals surface area contributed by atoms with Crippen molar-refractivity contribution < 1.29 is 9.59 Å². The van der Waals surface area contributed by atoms with E-state index in [9.17, 15) is 9.59 Å². The molecule has 1 fully saturated rings. The molecular weight excluding hydrogens is 447 g/mol. The largest absolute Gasteiger partial charge is 0.352 e. The van der Waals surface area contributed by atoms with Crippen molar-refractivity contribution in [2.24, 2.45) is 5.92 Å². The molecule has 1 saturated heterocycles. The maximum Gasteiger partial charge on any atom is 0.245 e. The van der Waals surface area contributed by atoms with Crippen molar-refractivity contribution in [3.8, 4) is 0 Å². The predicted octanol–water partition coefficient (Wildman–Crippen LogP) is 4.04. The summed E-state index contributed by atoms with van der Waals surface area (Å²) in [6, 6.07) is 9.31. The van der Waals surface area contributed by atoms with Crippen LogP contribution in [0.2, 0.25) is 10.0 Å². The van der Waals surface area contributed by atoms with Gasteiger partial charge in [-0.15, -0.1) is 0 Å². The Kier molecular flexibility index (Phi) is 6.91. The highest BCUT2D eigenvalue weighted by Crippen LogP contribution is 2.29. The standard InChI is InChI=1S/C24H28Cl2N4O2/c1-16(2)11-22(31)30-15-18-6-4-3-5-17(18)12-21(30)24(32)29-9-7-28(8-10-29)23-20(26)13-19(25)14-27-23/h3-6,13-14,16,21H,7-12,15H2,1-2H3. The van der Waals surface area contributed by atoms with Crippen molar-refractivity contribution in [1.82, 2.24) is 14.8 Å². The first kappa shape index (κ1) is 22.9. The molecule has 1 aromatic heterocycles. The van der Waals surface area contributed by atoms with Crippen molar-refractivity contribution >= 4 is 40.8 Å². The van der Waals surface area contributed by atoms with Gasteiger partial charge in [0.1, 0.15) is 11.9 Å². The number of nitrogens with zero attached hydrogens (tertiary/aromatic N) is 4. The van der Waals surface area contributed by atoms with Crippen LogP contribution in [0.15, 0.2) is 36.5 Å². The molecule has 0 radical (unpaired) electrons. The lowest BCUT2D eigenvalue weighted by Crippen LogP contribution is -2.57. The Labute approximate surface area is 199 Å². The number of piperazine rings is 1. The number of hydrogen-bond donors (Lipinski definition) is 0. The number of halogens is 2. The molecule has 3 heterocycles. The van der Waals surface area contributed by atoms with E-state index in [4.69, 9.17) is 23.2 Å². The van der Waals surface area contributed by atoms with Crippen LogP contribution in [0.25, 0.3) is 0 Å². The molecule has 1 atom stereocenters. The van der Waals surface area contributed by atoms with E-state index >= 15 is 0 Å². The summed E-state index contributed by atoms with van der Waals surface area (Å²) < 4.78 is 0. The molecule has 170 valence electrons. The topological polar surface area (TPSA) is 56.8 Å². The zero-order valence-electron chi connectivity index (χ0n) is 18.4. The summed E-state index contributed by atoms with van der Waals surface area (Å²) in [6.45, 7) is 6.92. The Morgan fingerprint density at radius 3 is 2.44 bits per heavy atom. The van der Waals surface area contributed by atoms with Crippen LogP contribution in [0.1, 0.15) is 31.4 Å². The van der Waals surface area contributed by atoms with E-state index in [1.165, 1.54) is 0 Å². The highest BCUT2D eigenvalue weighted by Gasteiger charge is 2.37. The molecule has 8 heteroatoms. The zero-order chi connectivity index (χ0) is 22.8. The number of benzene rings is 1. The van der Waals surface area contributed by atoms with Gasteiger partial charge in [0.05, 0.1) is 10.0 Å². The molecule has 1 aromatic carbocycles. The summed E-state index contributed by atoms with van der Waals surface area (Å²) >= 11 is 12.3. The second-order valence-corrected chi connectivity index (χ2v) is 9.72. The number of carbonyl (C=O) groups excluding carboxylic acids is 2. The Morgan fingerprint density at radius 2 is 1.78 bits per heavy atom. The van der Waals surface area contributed by atoms with E-state index in [0.29, 0.717) is 61.4 Å². The fraction of sp³-hybridized carbons (Fsp3) is 0.458. The first-order valence-electron chi connectivity index (χ1n) is 11.0. The van der Waals surface area contributed by atoms with Gasteiger partial charge in [-0.1, -0.05) is 61.3 Å². The molecule has 32 heavy (non-hydrogen) atoms. The molecule has 2 amide bonds. The van der Waals surface area contributed by atoms with E-state index in [0.717, 1.165) is 11.1 Å². The quantitative estimate of drug-likeness (QED) is 0.670. The Bertz CT molecular complexity index is 1010. The van der Waals surface area contributed by atoms with Gasteiger partial charge in [-0.25, -0.2) is 4.98 Å². The van der Waals surface area contributed by atoms with E-state index in [1.807, 2.05) is 36.9 Å². The van der Waals surface area contributed by atoms with Gasteiger partial charge < -0.3 is 14.7 Å². The van der Waals surface area contributed by atoms with Gasteiger partial charge in [0, 0.05) is 51.8 Å². The fourth-order valence-electron chi connectivity index (χ4n) is 4.46. The molecule has 1 unspecified atom stereocenters. The fourth-order valence-corrected chi connectivity index (χ4v) is 4.96. The van der Waals surface area contributed by atoms with E-state index in [1.54, 1.807) is 17.2 Å². The SMILES string of the molecule is CC(C)CC(=O)N1Cc2ccccc2CC1C(=O)N1CCN(c2ncc(Cl)cc2Cl)CC1. The monoisotopic (exact) mass is 474 g/mol. The lowest BCUT2D eigenvalue weighted by molar-refractivity contribution is -0.147. The summed E-state index contributed by atoms with van der Waals surface area (Å²) in [5.74, 6) is 0.995. The normalized spacial score (nSPS) is 18.7. The van der Waals surface area contributed by atoms with Gasteiger partial charge in [0.15, 0.2) is 0 Å². The van der Waals surface area contributed by atoms with E-state index < -0.39 is 6.04 Å². The third kappa shape index (κ3) is 4.86. The van der Waals surface area contributed by atoms with Crippen LogP contribution >= 0.6 is 23.2 Å². The number of anilines is 1. The number of hydrogen-bond acceptors (Lipinski definition) is 4. The van der Waals surface area contributed by atoms with E-state index in [2.05, 4.69) is 16.0 Å². The smallest absolute Gasteiger partial charge is 0.245 e. The number of fused-ring (bicyclic) bond motifs is 1. The summed E-state index contributed by atoms with van der Waals surface area (Å²) in [5, 5.41) is 1.00. The maximum atomic E-state index is 13.6. The highest BCUT2D eigenvalue weighted by molar-refractivity contribution is 6.36. The van der Waals surface area contributed by atoms with Crippen molar-refractivity contribution in [2.45, 2.75) is 39.3 Å². The minimum absolute atomic E-state index is 0.0198. The number of carbonyl (C=O) groups is 2. The van der Waals surface area contributed by atoms with Crippen LogP contribution in [0.3, 0.4) is 0 Å². The van der Waals surface area contributed by atoms with Crippen molar-refractivity contribution in [1.29, 1.82) is 0 Å². The second kappa shape index (κ2) is 9.67. The molecular formula is C24H28Cl2N4O2. The lowest BCUT2D eigenvalue weighted by Gasteiger charge is -2.42.